The molecule has 1 amide bonds. The number of aromatic nitrogens is 1. The van der Waals surface area contributed by atoms with Crippen LogP contribution in [0, 0.1) is 0 Å². The monoisotopic (exact) mass is 404 g/mol. The molecular formula is C23H20N2O3S. The van der Waals surface area contributed by atoms with Crippen molar-refractivity contribution in [2.75, 3.05) is 6.61 Å². The van der Waals surface area contributed by atoms with Crippen molar-refractivity contribution in [3.8, 4) is 0 Å². The number of thiazole rings is 1. The molecule has 5 nitrogen and oxygen atoms in total. The molecule has 29 heavy (non-hydrogen) atoms. The fraction of sp³-hybridized carbons (Fsp3) is 0.174. The van der Waals surface area contributed by atoms with E-state index in [1.54, 1.807) is 11.5 Å². The van der Waals surface area contributed by atoms with Crippen molar-refractivity contribution in [2.24, 2.45) is 4.99 Å². The molecule has 4 aromatic rings. The summed E-state index contributed by atoms with van der Waals surface area (Å²) in [5.41, 5.74) is 1.78. The average molecular weight is 404 g/mol. The lowest BCUT2D eigenvalue weighted by Crippen LogP contribution is -2.23. The number of para-hydroxylation sites is 1. The fourth-order valence-corrected chi connectivity index (χ4v) is 4.31. The Balaban J connectivity index is 1.66. The van der Waals surface area contributed by atoms with Gasteiger partial charge in [0.2, 0.25) is 0 Å². The standard InChI is InChI=1S/C23H20N2O3S/c1-2-28-22(27)15-25-19-9-5-6-10-20(19)29-23(25)24-21(26)14-16-11-12-17-7-3-4-8-18(17)13-16/h3-13H,2,14-15H2,1H3. The SMILES string of the molecule is CCOC(=O)Cn1c(=NC(=O)Cc2ccc3ccccc3c2)sc2ccccc21. The molecule has 0 fully saturated rings. The zero-order valence-electron chi connectivity index (χ0n) is 16.0. The second kappa shape index (κ2) is 8.41. The largest absolute Gasteiger partial charge is 0.465 e. The Labute approximate surface area is 171 Å². The topological polar surface area (TPSA) is 60.7 Å². The molecule has 146 valence electrons. The summed E-state index contributed by atoms with van der Waals surface area (Å²) in [7, 11) is 0. The van der Waals surface area contributed by atoms with Gasteiger partial charge in [-0.3, -0.25) is 9.59 Å². The maximum absolute atomic E-state index is 12.7. The molecule has 0 saturated heterocycles. The van der Waals surface area contributed by atoms with Crippen LogP contribution in [0.5, 0.6) is 0 Å². The molecule has 1 aromatic heterocycles. The number of esters is 1. The Morgan fingerprint density at radius 2 is 1.76 bits per heavy atom. The van der Waals surface area contributed by atoms with Crippen molar-refractivity contribution < 1.29 is 14.3 Å². The first kappa shape index (κ1) is 19.1. The van der Waals surface area contributed by atoms with Gasteiger partial charge in [0.1, 0.15) is 6.54 Å². The highest BCUT2D eigenvalue weighted by molar-refractivity contribution is 7.16. The number of hydrogen-bond donors (Lipinski definition) is 0. The van der Waals surface area contributed by atoms with Gasteiger partial charge in [-0.2, -0.15) is 4.99 Å². The van der Waals surface area contributed by atoms with Gasteiger partial charge in [0.05, 0.1) is 23.2 Å². The number of nitrogens with zero attached hydrogens (tertiary/aromatic N) is 2. The highest BCUT2D eigenvalue weighted by Gasteiger charge is 2.12. The molecule has 1 heterocycles. The second-order valence-corrected chi connectivity index (χ2v) is 7.62. The van der Waals surface area contributed by atoms with Crippen molar-refractivity contribution in [2.45, 2.75) is 19.9 Å². The van der Waals surface area contributed by atoms with E-state index in [2.05, 4.69) is 4.99 Å². The van der Waals surface area contributed by atoms with Crippen LogP contribution in [0.3, 0.4) is 0 Å². The van der Waals surface area contributed by atoms with E-state index < -0.39 is 0 Å². The van der Waals surface area contributed by atoms with Crippen LogP contribution in [-0.4, -0.2) is 23.1 Å². The van der Waals surface area contributed by atoms with E-state index in [4.69, 9.17) is 4.74 Å². The molecule has 6 heteroatoms. The predicted octanol–water partition coefficient (Wildman–Crippen LogP) is 4.09. The van der Waals surface area contributed by atoms with Crippen molar-refractivity contribution in [3.63, 3.8) is 0 Å². The molecule has 0 atom stereocenters. The van der Waals surface area contributed by atoms with Crippen LogP contribution in [-0.2, 0) is 27.3 Å². The first-order valence-electron chi connectivity index (χ1n) is 9.43. The Morgan fingerprint density at radius 3 is 2.59 bits per heavy atom. The summed E-state index contributed by atoms with van der Waals surface area (Å²) in [6.07, 6.45) is 0.207. The van der Waals surface area contributed by atoms with E-state index in [1.165, 1.54) is 11.3 Å². The Kier molecular flexibility index (Phi) is 5.53. The minimum Gasteiger partial charge on any atom is -0.465 e. The van der Waals surface area contributed by atoms with E-state index in [9.17, 15) is 9.59 Å². The van der Waals surface area contributed by atoms with Crippen LogP contribution in [0.4, 0.5) is 0 Å². The van der Waals surface area contributed by atoms with Crippen LogP contribution in [0.2, 0.25) is 0 Å². The fourth-order valence-electron chi connectivity index (χ4n) is 3.26. The molecule has 0 aliphatic carbocycles. The lowest BCUT2D eigenvalue weighted by atomic mass is 10.1. The van der Waals surface area contributed by atoms with Crippen LogP contribution < -0.4 is 4.80 Å². The Hall–Kier alpha value is -3.25. The van der Waals surface area contributed by atoms with Gasteiger partial charge in [-0.25, -0.2) is 0 Å². The maximum atomic E-state index is 12.7. The van der Waals surface area contributed by atoms with Crippen LogP contribution in [0.15, 0.2) is 71.7 Å². The average Bonchev–Trinajstić information content (AvgIpc) is 3.05. The van der Waals surface area contributed by atoms with Crippen molar-refractivity contribution in [1.29, 1.82) is 0 Å². The van der Waals surface area contributed by atoms with Gasteiger partial charge in [-0.1, -0.05) is 65.9 Å². The van der Waals surface area contributed by atoms with Crippen molar-refractivity contribution in [3.05, 3.63) is 77.1 Å². The van der Waals surface area contributed by atoms with Gasteiger partial charge < -0.3 is 9.30 Å². The molecule has 0 saturated carbocycles. The van der Waals surface area contributed by atoms with Gasteiger partial charge in [0, 0.05) is 0 Å². The van der Waals surface area contributed by atoms with Gasteiger partial charge in [0.25, 0.3) is 5.91 Å². The van der Waals surface area contributed by atoms with Crippen LogP contribution in [0.1, 0.15) is 12.5 Å². The normalized spacial score (nSPS) is 11.8. The molecule has 0 spiro atoms. The van der Waals surface area contributed by atoms with Crippen molar-refractivity contribution in [1.82, 2.24) is 4.57 Å². The molecule has 0 radical (unpaired) electrons. The molecule has 0 bridgehead atoms. The van der Waals surface area contributed by atoms with Gasteiger partial charge in [0.15, 0.2) is 4.80 Å². The molecule has 0 unspecified atom stereocenters. The third kappa shape index (κ3) is 4.27. The van der Waals surface area contributed by atoms with E-state index in [0.29, 0.717) is 11.4 Å². The summed E-state index contributed by atoms with van der Waals surface area (Å²) in [6.45, 7) is 2.11. The summed E-state index contributed by atoms with van der Waals surface area (Å²) in [5, 5.41) is 2.23. The Bertz CT molecular complexity index is 1270. The van der Waals surface area contributed by atoms with Crippen molar-refractivity contribution >= 4 is 44.2 Å². The number of hydrogen-bond acceptors (Lipinski definition) is 4. The number of amides is 1. The third-order valence-corrected chi connectivity index (χ3v) is 5.63. The lowest BCUT2D eigenvalue weighted by Gasteiger charge is -2.05. The van der Waals surface area contributed by atoms with E-state index in [0.717, 1.165) is 26.6 Å². The molecule has 0 aliphatic rings. The molecule has 0 N–H and O–H groups in total. The number of carbonyl (C=O) groups is 2. The number of fused-ring (bicyclic) bond motifs is 2. The molecule has 3 aromatic carbocycles. The smallest absolute Gasteiger partial charge is 0.326 e. The summed E-state index contributed by atoms with van der Waals surface area (Å²) < 4.78 is 7.79. The zero-order chi connectivity index (χ0) is 20.2. The summed E-state index contributed by atoms with van der Waals surface area (Å²) in [6, 6.07) is 21.7. The van der Waals surface area contributed by atoms with Gasteiger partial charge in [-0.15, -0.1) is 0 Å². The molecule has 4 rings (SSSR count). The van der Waals surface area contributed by atoms with E-state index >= 15 is 0 Å². The predicted molar refractivity (Wildman–Crippen MR) is 115 cm³/mol. The van der Waals surface area contributed by atoms with Gasteiger partial charge >= 0.3 is 5.97 Å². The van der Waals surface area contributed by atoms with E-state index in [1.807, 2.05) is 66.7 Å². The first-order valence-corrected chi connectivity index (χ1v) is 10.2. The minimum atomic E-state index is -0.348. The highest BCUT2D eigenvalue weighted by Crippen LogP contribution is 2.18. The van der Waals surface area contributed by atoms with Gasteiger partial charge in [-0.05, 0) is 35.4 Å². The lowest BCUT2D eigenvalue weighted by molar-refractivity contribution is -0.143. The second-order valence-electron chi connectivity index (χ2n) is 6.61. The quantitative estimate of drug-likeness (QED) is 0.471. The first-order chi connectivity index (χ1) is 14.1. The zero-order valence-corrected chi connectivity index (χ0v) is 16.8. The van der Waals surface area contributed by atoms with Crippen LogP contribution in [0.25, 0.3) is 21.0 Å². The molecule has 0 aliphatic heterocycles. The maximum Gasteiger partial charge on any atom is 0.326 e. The number of rotatable bonds is 5. The Morgan fingerprint density at radius 1 is 1.00 bits per heavy atom. The summed E-state index contributed by atoms with van der Waals surface area (Å²) in [4.78, 5) is 29.5. The number of ether oxygens (including phenoxy) is 1. The third-order valence-electron chi connectivity index (χ3n) is 4.57. The molecular weight excluding hydrogens is 384 g/mol. The highest BCUT2D eigenvalue weighted by atomic mass is 32.1. The summed E-state index contributed by atoms with van der Waals surface area (Å²) >= 11 is 1.39. The number of carbonyl (C=O) groups excluding carboxylic acids is 2. The number of benzene rings is 3. The summed E-state index contributed by atoms with van der Waals surface area (Å²) in [5.74, 6) is -0.594. The van der Waals surface area contributed by atoms with Crippen LogP contribution >= 0.6 is 11.3 Å². The minimum absolute atomic E-state index is 0.0277. The van der Waals surface area contributed by atoms with E-state index in [-0.39, 0.29) is 24.8 Å².